The van der Waals surface area contributed by atoms with Crippen molar-refractivity contribution in [1.82, 2.24) is 9.78 Å². The molecule has 6 nitrogen and oxygen atoms in total. The maximum atomic E-state index is 12.0. The van der Waals surface area contributed by atoms with Crippen molar-refractivity contribution in [3.8, 4) is 11.3 Å². The summed E-state index contributed by atoms with van der Waals surface area (Å²) in [6, 6.07) is 9.26. The molecule has 0 saturated carbocycles. The van der Waals surface area contributed by atoms with Crippen LogP contribution in [-0.2, 0) is 26.1 Å². The minimum absolute atomic E-state index is 0.123. The first kappa shape index (κ1) is 15.0. The molecule has 1 saturated heterocycles. The van der Waals surface area contributed by atoms with Gasteiger partial charge >= 0.3 is 11.9 Å². The highest BCUT2D eigenvalue weighted by atomic mass is 16.7. The zero-order valence-electron chi connectivity index (χ0n) is 13.1. The number of nitrogens with zero attached hydrogens (tertiary/aromatic N) is 2. The van der Waals surface area contributed by atoms with Crippen LogP contribution in [0.15, 0.2) is 42.1 Å². The number of rotatable bonds is 2. The number of hydrogen-bond donors (Lipinski definition) is 0. The quantitative estimate of drug-likeness (QED) is 0.483. The molecule has 0 atom stereocenters. The summed E-state index contributed by atoms with van der Waals surface area (Å²) in [6.07, 6.45) is 3.31. The summed E-state index contributed by atoms with van der Waals surface area (Å²) in [7, 11) is 1.84. The van der Waals surface area contributed by atoms with Gasteiger partial charge in [0.2, 0.25) is 0 Å². The lowest BCUT2D eigenvalue weighted by Gasteiger charge is -2.29. The van der Waals surface area contributed by atoms with Crippen molar-refractivity contribution in [1.29, 1.82) is 0 Å². The van der Waals surface area contributed by atoms with E-state index in [-0.39, 0.29) is 5.57 Å². The smallest absolute Gasteiger partial charge is 0.348 e. The van der Waals surface area contributed by atoms with Crippen LogP contribution in [0.3, 0.4) is 0 Å². The van der Waals surface area contributed by atoms with Gasteiger partial charge in [-0.3, -0.25) is 4.68 Å². The summed E-state index contributed by atoms with van der Waals surface area (Å²) < 4.78 is 11.9. The van der Waals surface area contributed by atoms with E-state index in [4.69, 9.17) is 9.47 Å². The number of carbonyl (C=O) groups excluding carboxylic acids is 2. The van der Waals surface area contributed by atoms with Crippen LogP contribution in [0.1, 0.15) is 19.4 Å². The van der Waals surface area contributed by atoms with Crippen LogP contribution < -0.4 is 0 Å². The Kier molecular flexibility index (Phi) is 3.52. The molecule has 0 unspecified atom stereocenters. The Bertz CT molecular complexity index is 796. The molecular weight excluding hydrogens is 296 g/mol. The van der Waals surface area contributed by atoms with E-state index >= 15 is 0 Å². The van der Waals surface area contributed by atoms with Gasteiger partial charge in [-0.25, -0.2) is 9.59 Å². The van der Waals surface area contributed by atoms with Crippen molar-refractivity contribution in [2.75, 3.05) is 0 Å². The average Bonchev–Trinajstić information content (AvgIpc) is 2.89. The highest BCUT2D eigenvalue weighted by molar-refractivity contribution is 6.18. The number of ether oxygens (including phenoxy) is 2. The van der Waals surface area contributed by atoms with E-state index in [1.54, 1.807) is 10.7 Å². The first-order chi connectivity index (χ1) is 10.8. The molecule has 0 N–H and O–H groups in total. The number of aromatic nitrogens is 2. The highest BCUT2D eigenvalue weighted by Gasteiger charge is 2.38. The predicted octanol–water partition coefficient (Wildman–Crippen LogP) is 2.31. The van der Waals surface area contributed by atoms with Crippen LogP contribution in [0, 0.1) is 0 Å². The first-order valence-electron chi connectivity index (χ1n) is 7.12. The Morgan fingerprint density at radius 3 is 2.43 bits per heavy atom. The minimum Gasteiger partial charge on any atom is -0.419 e. The zero-order valence-corrected chi connectivity index (χ0v) is 13.1. The predicted molar refractivity (Wildman–Crippen MR) is 82.9 cm³/mol. The first-order valence-corrected chi connectivity index (χ1v) is 7.12. The van der Waals surface area contributed by atoms with Gasteiger partial charge in [0.05, 0.1) is 5.69 Å². The zero-order chi connectivity index (χ0) is 16.6. The molecule has 0 amide bonds. The summed E-state index contributed by atoms with van der Waals surface area (Å²) in [4.78, 5) is 24.0. The summed E-state index contributed by atoms with van der Waals surface area (Å²) in [6.45, 7) is 3.03. The molecule has 1 aliphatic rings. The van der Waals surface area contributed by atoms with Crippen LogP contribution in [0.2, 0.25) is 0 Å². The third kappa shape index (κ3) is 3.15. The molecule has 0 radical (unpaired) electrons. The lowest BCUT2D eigenvalue weighted by Crippen LogP contribution is -2.41. The fourth-order valence-electron chi connectivity index (χ4n) is 2.30. The molecule has 1 fully saturated rings. The summed E-state index contributed by atoms with van der Waals surface area (Å²) in [5, 5.41) is 4.33. The SMILES string of the molecule is Cn1ccc(-c2cccc(C=C3C(=O)OC(C)(C)OC3=O)c2)n1. The van der Waals surface area contributed by atoms with E-state index in [1.807, 2.05) is 37.5 Å². The number of hydrogen-bond acceptors (Lipinski definition) is 5. The topological polar surface area (TPSA) is 70.4 Å². The van der Waals surface area contributed by atoms with Crippen molar-refractivity contribution < 1.29 is 19.1 Å². The van der Waals surface area contributed by atoms with Gasteiger partial charge in [-0.1, -0.05) is 18.2 Å². The minimum atomic E-state index is -1.23. The molecule has 2 aromatic rings. The Balaban J connectivity index is 1.94. The van der Waals surface area contributed by atoms with Gasteiger partial charge in [-0.15, -0.1) is 0 Å². The molecule has 3 rings (SSSR count). The second-order valence-electron chi connectivity index (χ2n) is 5.74. The summed E-state index contributed by atoms with van der Waals surface area (Å²) in [5.41, 5.74) is 2.26. The third-order valence-corrected chi connectivity index (χ3v) is 3.32. The summed E-state index contributed by atoms with van der Waals surface area (Å²) >= 11 is 0. The van der Waals surface area contributed by atoms with E-state index < -0.39 is 17.7 Å². The Labute approximate surface area is 133 Å². The number of cyclic esters (lactones) is 2. The van der Waals surface area contributed by atoms with Crippen LogP contribution >= 0.6 is 0 Å². The molecule has 118 valence electrons. The van der Waals surface area contributed by atoms with Crippen LogP contribution in [0.25, 0.3) is 17.3 Å². The molecule has 2 heterocycles. The van der Waals surface area contributed by atoms with E-state index in [0.29, 0.717) is 5.56 Å². The van der Waals surface area contributed by atoms with Crippen molar-refractivity contribution >= 4 is 18.0 Å². The van der Waals surface area contributed by atoms with Gasteiger partial charge < -0.3 is 9.47 Å². The molecular formula is C17H16N2O4. The molecule has 0 bridgehead atoms. The van der Waals surface area contributed by atoms with E-state index in [9.17, 15) is 9.59 Å². The number of aryl methyl sites for hydroxylation is 1. The fraction of sp³-hybridized carbons (Fsp3) is 0.235. The number of esters is 2. The molecule has 1 aromatic carbocycles. The van der Waals surface area contributed by atoms with E-state index in [0.717, 1.165) is 11.3 Å². The van der Waals surface area contributed by atoms with Gasteiger partial charge in [0.1, 0.15) is 5.57 Å². The van der Waals surface area contributed by atoms with Crippen molar-refractivity contribution in [3.63, 3.8) is 0 Å². The maximum absolute atomic E-state index is 12.0. The van der Waals surface area contributed by atoms with Crippen molar-refractivity contribution in [2.24, 2.45) is 7.05 Å². The number of carbonyl (C=O) groups is 2. The standard InChI is InChI=1S/C17H16N2O4/c1-17(2)22-15(20)13(16(21)23-17)10-11-5-4-6-12(9-11)14-7-8-19(3)18-14/h4-10H,1-3H3. The second-order valence-corrected chi connectivity index (χ2v) is 5.74. The maximum Gasteiger partial charge on any atom is 0.348 e. The van der Waals surface area contributed by atoms with Gasteiger partial charge in [0.25, 0.3) is 5.79 Å². The van der Waals surface area contributed by atoms with Gasteiger partial charge in [-0.2, -0.15) is 5.10 Å². The van der Waals surface area contributed by atoms with Crippen LogP contribution in [0.5, 0.6) is 0 Å². The Morgan fingerprint density at radius 1 is 1.13 bits per heavy atom. The van der Waals surface area contributed by atoms with Crippen molar-refractivity contribution in [3.05, 3.63) is 47.7 Å². The van der Waals surface area contributed by atoms with E-state index in [2.05, 4.69) is 5.10 Å². The average molecular weight is 312 g/mol. The molecule has 1 aliphatic heterocycles. The molecule has 0 spiro atoms. The van der Waals surface area contributed by atoms with Gasteiger partial charge in [0.15, 0.2) is 0 Å². The monoisotopic (exact) mass is 312 g/mol. The molecule has 0 aliphatic carbocycles. The van der Waals surface area contributed by atoms with Crippen LogP contribution in [-0.4, -0.2) is 27.5 Å². The lowest BCUT2D eigenvalue weighted by atomic mass is 10.1. The molecule has 1 aromatic heterocycles. The molecule has 6 heteroatoms. The number of benzene rings is 1. The fourth-order valence-corrected chi connectivity index (χ4v) is 2.30. The lowest BCUT2D eigenvalue weighted by molar-refractivity contribution is -0.222. The van der Waals surface area contributed by atoms with Gasteiger partial charge in [-0.05, 0) is 23.8 Å². The van der Waals surface area contributed by atoms with Crippen molar-refractivity contribution in [2.45, 2.75) is 19.6 Å². The van der Waals surface area contributed by atoms with Crippen LogP contribution in [0.4, 0.5) is 0 Å². The Morgan fingerprint density at radius 2 is 1.83 bits per heavy atom. The second kappa shape index (κ2) is 5.39. The van der Waals surface area contributed by atoms with E-state index in [1.165, 1.54) is 19.9 Å². The summed E-state index contributed by atoms with van der Waals surface area (Å²) in [5.74, 6) is -2.61. The Hall–Kier alpha value is -2.89. The highest BCUT2D eigenvalue weighted by Crippen LogP contribution is 2.25. The van der Waals surface area contributed by atoms with Gasteiger partial charge in [0, 0.05) is 32.7 Å². The third-order valence-electron chi connectivity index (χ3n) is 3.32. The normalized spacial score (nSPS) is 16.7. The molecule has 23 heavy (non-hydrogen) atoms. The largest absolute Gasteiger partial charge is 0.419 e.